The molecule has 0 aliphatic carbocycles. The summed E-state index contributed by atoms with van der Waals surface area (Å²) < 4.78 is 0. The van der Waals surface area contributed by atoms with Crippen molar-refractivity contribution in [3.8, 4) is 6.07 Å². The molecule has 8 heteroatoms. The number of hydrogen-bond donors (Lipinski definition) is 2. The molecule has 0 aliphatic rings. The molecular formula is C18H19N5O2S. The van der Waals surface area contributed by atoms with E-state index in [9.17, 15) is 9.59 Å². The van der Waals surface area contributed by atoms with E-state index in [1.165, 1.54) is 6.20 Å². The van der Waals surface area contributed by atoms with Gasteiger partial charge in [0.25, 0.3) is 0 Å². The number of nitrogens with two attached hydrogens (primary N) is 1. The summed E-state index contributed by atoms with van der Waals surface area (Å²) in [4.78, 5) is 32.2. The van der Waals surface area contributed by atoms with Gasteiger partial charge in [-0.1, -0.05) is 32.5 Å². The van der Waals surface area contributed by atoms with Crippen molar-refractivity contribution in [1.82, 2.24) is 9.97 Å². The Hall–Kier alpha value is -2.92. The summed E-state index contributed by atoms with van der Waals surface area (Å²) in [5.74, 6) is 0.0354. The molecule has 26 heavy (non-hydrogen) atoms. The van der Waals surface area contributed by atoms with Crippen LogP contribution in [-0.4, -0.2) is 27.4 Å². The molecule has 0 fully saturated rings. The van der Waals surface area contributed by atoms with Crippen LogP contribution in [0.2, 0.25) is 0 Å². The summed E-state index contributed by atoms with van der Waals surface area (Å²) >= 11 is 1.14. The molecule has 0 unspecified atom stereocenters. The van der Waals surface area contributed by atoms with Crippen molar-refractivity contribution in [3.63, 3.8) is 0 Å². The number of aromatic nitrogens is 2. The van der Waals surface area contributed by atoms with Crippen molar-refractivity contribution < 1.29 is 9.59 Å². The molecule has 0 radical (unpaired) electrons. The lowest BCUT2D eigenvalue weighted by atomic mass is 9.95. The molecule has 0 atom stereocenters. The quantitative estimate of drug-likeness (QED) is 0.472. The number of carbonyl (C=O) groups excluding carboxylic acids is 2. The fraction of sp³-hybridized carbons (Fsp3) is 0.278. The predicted molar refractivity (Wildman–Crippen MR) is 101 cm³/mol. The van der Waals surface area contributed by atoms with Crippen LogP contribution in [0.3, 0.4) is 0 Å². The van der Waals surface area contributed by atoms with Gasteiger partial charge in [-0.05, 0) is 24.3 Å². The average Bonchev–Trinajstić information content (AvgIpc) is 2.59. The number of nitrogens with one attached hydrogen (secondary N) is 1. The average molecular weight is 369 g/mol. The number of amides is 1. The zero-order valence-corrected chi connectivity index (χ0v) is 15.6. The van der Waals surface area contributed by atoms with Crippen molar-refractivity contribution in [2.45, 2.75) is 25.9 Å². The third-order valence-electron chi connectivity index (χ3n) is 3.39. The Balaban J connectivity index is 1.97. The molecule has 134 valence electrons. The van der Waals surface area contributed by atoms with Crippen molar-refractivity contribution >= 4 is 35.0 Å². The molecule has 1 heterocycles. The summed E-state index contributed by atoms with van der Waals surface area (Å²) in [7, 11) is 0. The first kappa shape index (κ1) is 19.4. The number of carbonyl (C=O) groups is 2. The third kappa shape index (κ3) is 5.04. The molecule has 0 saturated carbocycles. The van der Waals surface area contributed by atoms with Gasteiger partial charge in [0, 0.05) is 16.7 Å². The van der Waals surface area contributed by atoms with Gasteiger partial charge in [-0.15, -0.1) is 0 Å². The highest BCUT2D eigenvalue weighted by atomic mass is 32.2. The SMILES string of the molecule is CC(C)(C)C(=O)Nc1ccc(C(=O)CSc2ncc(C#N)c(N)n2)cc1. The highest BCUT2D eigenvalue weighted by Crippen LogP contribution is 2.20. The molecule has 3 N–H and O–H groups in total. The number of rotatable bonds is 5. The van der Waals surface area contributed by atoms with Crippen LogP contribution < -0.4 is 11.1 Å². The fourth-order valence-corrected chi connectivity index (χ4v) is 2.52. The van der Waals surface area contributed by atoms with E-state index in [0.717, 1.165) is 11.8 Å². The van der Waals surface area contributed by atoms with Gasteiger partial charge in [0.15, 0.2) is 10.9 Å². The normalized spacial score (nSPS) is 10.8. The molecule has 0 aliphatic heterocycles. The van der Waals surface area contributed by atoms with E-state index in [4.69, 9.17) is 11.0 Å². The number of Topliss-reactive ketones (excluding diaryl/α,β-unsaturated/α-hetero) is 1. The number of benzene rings is 1. The maximum absolute atomic E-state index is 12.3. The fourth-order valence-electron chi connectivity index (χ4n) is 1.81. The summed E-state index contributed by atoms with van der Waals surface area (Å²) in [5.41, 5.74) is 6.50. The lowest BCUT2D eigenvalue weighted by Gasteiger charge is -2.17. The second-order valence-corrected chi connectivity index (χ2v) is 7.50. The van der Waals surface area contributed by atoms with Crippen molar-refractivity contribution in [2.24, 2.45) is 5.41 Å². The Bertz CT molecular complexity index is 867. The minimum Gasteiger partial charge on any atom is -0.382 e. The van der Waals surface area contributed by atoms with Crippen LogP contribution in [0.15, 0.2) is 35.6 Å². The number of anilines is 2. The lowest BCUT2D eigenvalue weighted by molar-refractivity contribution is -0.123. The van der Waals surface area contributed by atoms with Crippen molar-refractivity contribution in [1.29, 1.82) is 5.26 Å². The van der Waals surface area contributed by atoms with Crippen LogP contribution in [0, 0.1) is 16.7 Å². The van der Waals surface area contributed by atoms with Gasteiger partial charge in [0.1, 0.15) is 17.5 Å². The van der Waals surface area contributed by atoms with Crippen molar-refractivity contribution in [2.75, 3.05) is 16.8 Å². The second-order valence-electron chi connectivity index (χ2n) is 6.56. The molecule has 7 nitrogen and oxygen atoms in total. The standard InChI is InChI=1S/C18H19N5O2S/c1-18(2,3)16(25)22-13-6-4-11(5-7-13)14(24)10-26-17-21-9-12(8-19)15(20)23-17/h4-7,9H,10H2,1-3H3,(H,22,25)(H2,20,21,23). The first-order chi connectivity index (χ1) is 12.2. The Kier molecular flexibility index (Phi) is 5.95. The molecule has 0 saturated heterocycles. The first-order valence-electron chi connectivity index (χ1n) is 7.81. The zero-order valence-electron chi connectivity index (χ0n) is 14.7. The minimum absolute atomic E-state index is 0.0939. The molecular weight excluding hydrogens is 350 g/mol. The van der Waals surface area contributed by atoms with Crippen LogP contribution in [0.1, 0.15) is 36.7 Å². The maximum Gasteiger partial charge on any atom is 0.229 e. The summed E-state index contributed by atoms with van der Waals surface area (Å²) in [6.45, 7) is 5.49. The smallest absolute Gasteiger partial charge is 0.229 e. The Morgan fingerprint density at radius 2 is 1.92 bits per heavy atom. The summed E-state index contributed by atoms with van der Waals surface area (Å²) in [5, 5.41) is 11.9. The number of nitrogens with zero attached hydrogens (tertiary/aromatic N) is 3. The van der Waals surface area contributed by atoms with Gasteiger partial charge in [0.05, 0.1) is 11.9 Å². The minimum atomic E-state index is -0.492. The van der Waals surface area contributed by atoms with Crippen LogP contribution in [0.5, 0.6) is 0 Å². The molecule has 0 spiro atoms. The van der Waals surface area contributed by atoms with E-state index in [-0.39, 0.29) is 28.8 Å². The molecule has 2 rings (SSSR count). The van der Waals surface area contributed by atoms with Gasteiger partial charge >= 0.3 is 0 Å². The zero-order chi connectivity index (χ0) is 19.3. The van der Waals surface area contributed by atoms with Gasteiger partial charge in [0.2, 0.25) is 5.91 Å². The number of nitriles is 1. The number of nitrogen functional groups attached to an aromatic ring is 1. The van der Waals surface area contributed by atoms with Gasteiger partial charge in [-0.3, -0.25) is 9.59 Å². The van der Waals surface area contributed by atoms with E-state index >= 15 is 0 Å². The molecule has 1 aromatic heterocycles. The van der Waals surface area contributed by atoms with Gasteiger partial charge in [-0.25, -0.2) is 9.97 Å². The number of hydrogen-bond acceptors (Lipinski definition) is 7. The molecule has 1 aromatic carbocycles. The highest BCUT2D eigenvalue weighted by Gasteiger charge is 2.21. The molecule has 2 aromatic rings. The predicted octanol–water partition coefficient (Wildman–Crippen LogP) is 2.89. The van der Waals surface area contributed by atoms with E-state index in [1.54, 1.807) is 24.3 Å². The van der Waals surface area contributed by atoms with Crippen LogP contribution in [0.25, 0.3) is 0 Å². The van der Waals surface area contributed by atoms with E-state index in [0.29, 0.717) is 16.4 Å². The lowest BCUT2D eigenvalue weighted by Crippen LogP contribution is -2.27. The Morgan fingerprint density at radius 3 is 2.46 bits per heavy atom. The van der Waals surface area contributed by atoms with E-state index < -0.39 is 5.41 Å². The Morgan fingerprint density at radius 1 is 1.27 bits per heavy atom. The summed E-state index contributed by atoms with van der Waals surface area (Å²) in [6.07, 6.45) is 1.34. The van der Waals surface area contributed by atoms with Crippen LogP contribution in [0.4, 0.5) is 11.5 Å². The summed E-state index contributed by atoms with van der Waals surface area (Å²) in [6, 6.07) is 8.59. The second kappa shape index (κ2) is 7.97. The van der Waals surface area contributed by atoms with Crippen LogP contribution >= 0.6 is 11.8 Å². The topological polar surface area (TPSA) is 122 Å². The van der Waals surface area contributed by atoms with E-state index in [2.05, 4.69) is 15.3 Å². The third-order valence-corrected chi connectivity index (χ3v) is 4.26. The van der Waals surface area contributed by atoms with Gasteiger partial charge < -0.3 is 11.1 Å². The maximum atomic E-state index is 12.3. The molecule has 1 amide bonds. The van der Waals surface area contributed by atoms with E-state index in [1.807, 2.05) is 26.8 Å². The van der Waals surface area contributed by atoms with Crippen LogP contribution in [-0.2, 0) is 4.79 Å². The Labute approximate surface area is 156 Å². The largest absolute Gasteiger partial charge is 0.382 e. The monoisotopic (exact) mass is 369 g/mol. The highest BCUT2D eigenvalue weighted by molar-refractivity contribution is 7.99. The number of ketones is 1. The van der Waals surface area contributed by atoms with Gasteiger partial charge in [-0.2, -0.15) is 5.26 Å². The molecule has 0 bridgehead atoms. The number of thioether (sulfide) groups is 1. The first-order valence-corrected chi connectivity index (χ1v) is 8.79. The van der Waals surface area contributed by atoms with Crippen molar-refractivity contribution in [3.05, 3.63) is 41.6 Å².